The summed E-state index contributed by atoms with van der Waals surface area (Å²) >= 11 is 5.89. The van der Waals surface area contributed by atoms with Gasteiger partial charge in [0.15, 0.2) is 0 Å². The monoisotopic (exact) mass is 351 g/mol. The lowest BCUT2D eigenvalue weighted by Crippen LogP contribution is -2.24. The Hall–Kier alpha value is -2.09. The standard InChI is InChI=1S/C15H14ClN3O3S/c1-22-13-6-5-11(16)8-14(13)23(20,21)18-10-15-17-9-12-4-2-3-7-19(12)15/h2-9,18H,10H2,1H3. The number of sulfonamides is 1. The van der Waals surface area contributed by atoms with Gasteiger partial charge in [-0.15, -0.1) is 0 Å². The van der Waals surface area contributed by atoms with E-state index in [0.717, 1.165) is 5.52 Å². The molecule has 3 aromatic rings. The molecule has 3 rings (SSSR count). The zero-order valence-corrected chi connectivity index (χ0v) is 13.8. The molecule has 8 heteroatoms. The largest absolute Gasteiger partial charge is 0.495 e. The lowest BCUT2D eigenvalue weighted by molar-refractivity contribution is 0.402. The number of rotatable bonds is 5. The van der Waals surface area contributed by atoms with Crippen LogP contribution in [0.2, 0.25) is 5.02 Å². The van der Waals surface area contributed by atoms with Gasteiger partial charge in [-0.3, -0.25) is 0 Å². The summed E-state index contributed by atoms with van der Waals surface area (Å²) in [5, 5.41) is 0.317. The van der Waals surface area contributed by atoms with Crippen molar-refractivity contribution in [1.29, 1.82) is 0 Å². The maximum atomic E-state index is 12.5. The number of fused-ring (bicyclic) bond motifs is 1. The van der Waals surface area contributed by atoms with Crippen LogP contribution in [0.25, 0.3) is 5.52 Å². The first-order chi connectivity index (χ1) is 11.0. The molecule has 1 aromatic carbocycles. The van der Waals surface area contributed by atoms with Crippen molar-refractivity contribution in [2.45, 2.75) is 11.4 Å². The van der Waals surface area contributed by atoms with E-state index in [4.69, 9.17) is 16.3 Å². The number of nitrogens with one attached hydrogen (secondary N) is 1. The highest BCUT2D eigenvalue weighted by molar-refractivity contribution is 7.89. The number of imidazole rings is 1. The smallest absolute Gasteiger partial charge is 0.244 e. The first-order valence-corrected chi connectivity index (χ1v) is 8.61. The van der Waals surface area contributed by atoms with Crippen molar-refractivity contribution >= 4 is 27.1 Å². The minimum atomic E-state index is -3.78. The summed E-state index contributed by atoms with van der Waals surface area (Å²) in [6, 6.07) is 10.1. The second-order valence-electron chi connectivity index (χ2n) is 4.79. The molecule has 23 heavy (non-hydrogen) atoms. The summed E-state index contributed by atoms with van der Waals surface area (Å²) in [4.78, 5) is 4.22. The summed E-state index contributed by atoms with van der Waals surface area (Å²) in [5.41, 5.74) is 0.891. The fourth-order valence-corrected chi connectivity index (χ4v) is 3.64. The van der Waals surface area contributed by atoms with Crippen LogP contribution < -0.4 is 9.46 Å². The SMILES string of the molecule is COc1ccc(Cl)cc1S(=O)(=O)NCc1ncc2ccccn12. The highest BCUT2D eigenvalue weighted by Crippen LogP contribution is 2.26. The fraction of sp³-hybridized carbons (Fsp3) is 0.133. The van der Waals surface area contributed by atoms with Gasteiger partial charge in [-0.1, -0.05) is 17.7 Å². The van der Waals surface area contributed by atoms with E-state index in [1.54, 1.807) is 12.3 Å². The van der Waals surface area contributed by atoms with E-state index in [0.29, 0.717) is 10.8 Å². The van der Waals surface area contributed by atoms with Crippen molar-refractivity contribution in [2.75, 3.05) is 7.11 Å². The summed E-state index contributed by atoms with van der Waals surface area (Å²) < 4.78 is 34.5. The molecule has 120 valence electrons. The Balaban J connectivity index is 1.89. The number of hydrogen-bond acceptors (Lipinski definition) is 4. The van der Waals surface area contributed by atoms with Crippen LogP contribution in [0.3, 0.4) is 0 Å². The van der Waals surface area contributed by atoms with Crippen molar-refractivity contribution in [1.82, 2.24) is 14.1 Å². The minimum Gasteiger partial charge on any atom is -0.495 e. The van der Waals surface area contributed by atoms with Crippen LogP contribution in [0.4, 0.5) is 0 Å². The van der Waals surface area contributed by atoms with Gasteiger partial charge in [-0.2, -0.15) is 0 Å². The summed E-state index contributed by atoms with van der Waals surface area (Å²) in [5.74, 6) is 0.819. The molecule has 0 saturated heterocycles. The van der Waals surface area contributed by atoms with Gasteiger partial charge in [-0.05, 0) is 30.3 Å². The van der Waals surface area contributed by atoms with Crippen LogP contribution in [-0.4, -0.2) is 24.9 Å². The Kier molecular flexibility index (Phi) is 4.25. The zero-order valence-electron chi connectivity index (χ0n) is 12.2. The molecular weight excluding hydrogens is 338 g/mol. The number of pyridine rings is 1. The maximum absolute atomic E-state index is 12.5. The molecule has 0 bridgehead atoms. The number of methoxy groups -OCH3 is 1. The quantitative estimate of drug-likeness (QED) is 0.766. The van der Waals surface area contributed by atoms with Gasteiger partial charge in [0, 0.05) is 11.2 Å². The number of halogens is 1. The Morgan fingerprint density at radius 1 is 1.30 bits per heavy atom. The Morgan fingerprint density at radius 3 is 2.91 bits per heavy atom. The van der Waals surface area contributed by atoms with E-state index in [2.05, 4.69) is 9.71 Å². The third-order valence-corrected chi connectivity index (χ3v) is 5.01. The van der Waals surface area contributed by atoms with E-state index in [1.165, 1.54) is 19.2 Å². The Morgan fingerprint density at radius 2 is 2.13 bits per heavy atom. The molecule has 2 aromatic heterocycles. The van der Waals surface area contributed by atoms with E-state index >= 15 is 0 Å². The molecule has 0 unspecified atom stereocenters. The molecule has 0 amide bonds. The molecule has 0 spiro atoms. The highest BCUT2D eigenvalue weighted by Gasteiger charge is 2.20. The van der Waals surface area contributed by atoms with Crippen LogP contribution in [0.5, 0.6) is 5.75 Å². The number of hydrogen-bond donors (Lipinski definition) is 1. The second-order valence-corrected chi connectivity index (χ2v) is 6.96. The molecule has 0 aliphatic rings. The number of ether oxygens (including phenoxy) is 1. The lowest BCUT2D eigenvalue weighted by atomic mass is 10.3. The molecule has 0 aliphatic carbocycles. The lowest BCUT2D eigenvalue weighted by Gasteiger charge is -2.11. The number of benzene rings is 1. The molecular formula is C15H14ClN3O3S. The third kappa shape index (κ3) is 3.17. The van der Waals surface area contributed by atoms with E-state index in [1.807, 2.05) is 28.8 Å². The summed E-state index contributed by atoms with van der Waals surface area (Å²) in [6.07, 6.45) is 3.51. The van der Waals surface area contributed by atoms with E-state index in [-0.39, 0.29) is 17.2 Å². The minimum absolute atomic E-state index is 0.00615. The van der Waals surface area contributed by atoms with Crippen molar-refractivity contribution < 1.29 is 13.2 Å². The first-order valence-electron chi connectivity index (χ1n) is 6.75. The van der Waals surface area contributed by atoms with Gasteiger partial charge < -0.3 is 9.14 Å². The first kappa shape index (κ1) is 15.8. The molecule has 0 saturated carbocycles. The van der Waals surface area contributed by atoms with Crippen molar-refractivity contribution in [3.63, 3.8) is 0 Å². The summed E-state index contributed by atoms with van der Waals surface area (Å²) in [6.45, 7) is 0.0518. The van der Waals surface area contributed by atoms with Gasteiger partial charge in [0.2, 0.25) is 10.0 Å². The highest BCUT2D eigenvalue weighted by atomic mass is 35.5. The second kappa shape index (κ2) is 6.19. The van der Waals surface area contributed by atoms with Crippen LogP contribution in [0.1, 0.15) is 5.82 Å². The van der Waals surface area contributed by atoms with Crippen LogP contribution >= 0.6 is 11.6 Å². The van der Waals surface area contributed by atoms with Gasteiger partial charge in [-0.25, -0.2) is 18.1 Å². The van der Waals surface area contributed by atoms with Gasteiger partial charge >= 0.3 is 0 Å². The average molecular weight is 352 g/mol. The molecule has 0 atom stereocenters. The number of nitrogens with zero attached hydrogens (tertiary/aromatic N) is 2. The molecule has 2 heterocycles. The van der Waals surface area contributed by atoms with Crippen LogP contribution in [-0.2, 0) is 16.6 Å². The normalized spacial score (nSPS) is 11.7. The molecule has 0 radical (unpaired) electrons. The Bertz CT molecular complexity index is 954. The number of aromatic nitrogens is 2. The van der Waals surface area contributed by atoms with Gasteiger partial charge in [0.1, 0.15) is 16.5 Å². The van der Waals surface area contributed by atoms with Gasteiger partial charge in [0.25, 0.3) is 0 Å². The summed E-state index contributed by atoms with van der Waals surface area (Å²) in [7, 11) is -2.38. The van der Waals surface area contributed by atoms with Crippen LogP contribution in [0.15, 0.2) is 53.7 Å². The molecule has 1 N–H and O–H groups in total. The maximum Gasteiger partial charge on any atom is 0.244 e. The van der Waals surface area contributed by atoms with Gasteiger partial charge in [0.05, 0.1) is 25.4 Å². The fourth-order valence-electron chi connectivity index (χ4n) is 2.23. The molecule has 0 fully saturated rings. The predicted octanol–water partition coefficient (Wildman–Crippen LogP) is 2.47. The van der Waals surface area contributed by atoms with Crippen LogP contribution in [0, 0.1) is 0 Å². The third-order valence-electron chi connectivity index (χ3n) is 3.35. The van der Waals surface area contributed by atoms with E-state index in [9.17, 15) is 8.42 Å². The van der Waals surface area contributed by atoms with Crippen molar-refractivity contribution in [3.05, 3.63) is 59.6 Å². The average Bonchev–Trinajstić information content (AvgIpc) is 2.96. The zero-order chi connectivity index (χ0) is 16.4. The van der Waals surface area contributed by atoms with Crippen molar-refractivity contribution in [2.24, 2.45) is 0 Å². The van der Waals surface area contributed by atoms with Crippen molar-refractivity contribution in [3.8, 4) is 5.75 Å². The predicted molar refractivity (Wildman–Crippen MR) is 87.2 cm³/mol. The Labute approximate surface area is 138 Å². The molecule has 6 nitrogen and oxygen atoms in total. The topological polar surface area (TPSA) is 72.7 Å². The van der Waals surface area contributed by atoms with E-state index < -0.39 is 10.0 Å². The molecule has 0 aliphatic heterocycles.